The van der Waals surface area contributed by atoms with Crippen LogP contribution in [0.1, 0.15) is 43.9 Å². The average molecular weight is 336 g/mol. The van der Waals surface area contributed by atoms with Crippen molar-refractivity contribution in [3.05, 3.63) is 63.9 Å². The van der Waals surface area contributed by atoms with Gasteiger partial charge in [0.2, 0.25) is 0 Å². The van der Waals surface area contributed by atoms with Crippen LogP contribution in [-0.4, -0.2) is 0 Å². The molecule has 0 amide bonds. The first-order valence-corrected chi connectivity index (χ1v) is 7.58. The van der Waals surface area contributed by atoms with E-state index in [0.717, 1.165) is 5.69 Å². The lowest BCUT2D eigenvalue weighted by Gasteiger charge is -2.17. The van der Waals surface area contributed by atoms with Gasteiger partial charge in [-0.05, 0) is 58.1 Å². The van der Waals surface area contributed by atoms with Gasteiger partial charge in [-0.1, -0.05) is 38.1 Å². The van der Waals surface area contributed by atoms with Gasteiger partial charge in [0.15, 0.2) is 0 Å². The number of halogens is 2. The Morgan fingerprint density at radius 1 is 0.950 bits per heavy atom. The maximum Gasteiger partial charge on any atom is 0.139 e. The van der Waals surface area contributed by atoms with Gasteiger partial charge in [-0.15, -0.1) is 0 Å². The van der Waals surface area contributed by atoms with Crippen LogP contribution in [-0.2, 0) is 0 Å². The molecule has 3 heteroatoms. The second kappa shape index (κ2) is 6.40. The first-order chi connectivity index (χ1) is 9.47. The largest absolute Gasteiger partial charge is 0.378 e. The molecule has 1 nitrogen and oxygen atoms in total. The molecule has 0 spiro atoms. The number of hydrogen-bond acceptors (Lipinski definition) is 1. The fourth-order valence-electron chi connectivity index (χ4n) is 2.09. The molecule has 2 aromatic carbocycles. The van der Waals surface area contributed by atoms with Crippen molar-refractivity contribution in [1.82, 2.24) is 0 Å². The molecule has 0 saturated carbocycles. The van der Waals surface area contributed by atoms with Crippen LogP contribution in [0.4, 0.5) is 10.1 Å². The van der Waals surface area contributed by atoms with Gasteiger partial charge < -0.3 is 5.32 Å². The molecule has 1 N–H and O–H groups in total. The van der Waals surface area contributed by atoms with E-state index in [0.29, 0.717) is 10.4 Å². The minimum absolute atomic E-state index is 0.136. The van der Waals surface area contributed by atoms with Crippen LogP contribution < -0.4 is 5.32 Å². The predicted octanol–water partition coefficient (Wildman–Crippen LogP) is 5.88. The summed E-state index contributed by atoms with van der Waals surface area (Å²) in [7, 11) is 0. The molecule has 106 valence electrons. The summed E-state index contributed by atoms with van der Waals surface area (Å²) in [6.07, 6.45) is 0. The first kappa shape index (κ1) is 15.0. The lowest BCUT2D eigenvalue weighted by Crippen LogP contribution is -2.07. The summed E-state index contributed by atoms with van der Waals surface area (Å²) in [5, 5.41) is 3.31. The molecule has 0 bridgehead atoms. The molecule has 1 unspecified atom stereocenters. The third kappa shape index (κ3) is 3.60. The number of nitrogens with one attached hydrogen (secondary N) is 1. The van der Waals surface area contributed by atoms with E-state index in [1.54, 1.807) is 6.07 Å². The quantitative estimate of drug-likeness (QED) is 0.735. The fourth-order valence-corrected chi connectivity index (χ4v) is 2.34. The van der Waals surface area contributed by atoms with Crippen LogP contribution in [0.15, 0.2) is 46.9 Å². The monoisotopic (exact) mass is 335 g/mol. The van der Waals surface area contributed by atoms with Crippen molar-refractivity contribution < 1.29 is 4.39 Å². The SMILES string of the molecule is CC(C)c1ccc(C(C)Nc2ccc(Br)c(F)c2)cc1. The molecule has 0 heterocycles. The Balaban J connectivity index is 2.10. The molecule has 0 aliphatic rings. The van der Waals surface area contributed by atoms with Crippen molar-refractivity contribution in [2.24, 2.45) is 0 Å². The van der Waals surface area contributed by atoms with E-state index >= 15 is 0 Å². The molecule has 1 atom stereocenters. The zero-order valence-corrected chi connectivity index (χ0v) is 13.5. The Morgan fingerprint density at radius 2 is 1.55 bits per heavy atom. The van der Waals surface area contributed by atoms with E-state index in [1.165, 1.54) is 17.2 Å². The maximum absolute atomic E-state index is 13.5. The molecule has 0 saturated heterocycles. The fraction of sp³-hybridized carbons (Fsp3) is 0.294. The van der Waals surface area contributed by atoms with Crippen LogP contribution >= 0.6 is 15.9 Å². The molecule has 0 aliphatic carbocycles. The van der Waals surface area contributed by atoms with E-state index in [4.69, 9.17) is 0 Å². The highest BCUT2D eigenvalue weighted by atomic mass is 79.9. The summed E-state index contributed by atoms with van der Waals surface area (Å²) in [6, 6.07) is 13.8. The van der Waals surface area contributed by atoms with Gasteiger partial charge in [-0.25, -0.2) is 4.39 Å². The smallest absolute Gasteiger partial charge is 0.139 e. The molecule has 20 heavy (non-hydrogen) atoms. The Bertz CT molecular complexity index is 578. The van der Waals surface area contributed by atoms with Crippen molar-refractivity contribution in [3.8, 4) is 0 Å². The van der Waals surface area contributed by atoms with E-state index in [9.17, 15) is 4.39 Å². The lowest BCUT2D eigenvalue weighted by molar-refractivity contribution is 0.621. The van der Waals surface area contributed by atoms with Crippen molar-refractivity contribution >= 4 is 21.6 Å². The summed E-state index contributed by atoms with van der Waals surface area (Å²) in [4.78, 5) is 0. The number of hydrogen-bond donors (Lipinski definition) is 1. The molecule has 0 aromatic heterocycles. The number of benzene rings is 2. The molecule has 0 radical (unpaired) electrons. The zero-order valence-electron chi connectivity index (χ0n) is 12.0. The Labute approximate surface area is 128 Å². The van der Waals surface area contributed by atoms with Gasteiger partial charge in [0.05, 0.1) is 4.47 Å². The Hall–Kier alpha value is -1.35. The van der Waals surface area contributed by atoms with E-state index in [1.807, 2.05) is 6.07 Å². The van der Waals surface area contributed by atoms with Gasteiger partial charge in [0.25, 0.3) is 0 Å². The number of rotatable bonds is 4. The first-order valence-electron chi connectivity index (χ1n) is 6.79. The van der Waals surface area contributed by atoms with Crippen molar-refractivity contribution in [3.63, 3.8) is 0 Å². The molecule has 0 aliphatic heterocycles. The lowest BCUT2D eigenvalue weighted by atomic mass is 9.99. The highest BCUT2D eigenvalue weighted by Crippen LogP contribution is 2.24. The number of anilines is 1. The summed E-state index contributed by atoms with van der Waals surface area (Å²) < 4.78 is 14.0. The van der Waals surface area contributed by atoms with E-state index in [2.05, 4.69) is 66.3 Å². The Kier molecular flexibility index (Phi) is 4.81. The van der Waals surface area contributed by atoms with Crippen LogP contribution in [0.2, 0.25) is 0 Å². The molecule has 2 rings (SSSR count). The van der Waals surface area contributed by atoms with Crippen molar-refractivity contribution in [2.75, 3.05) is 5.32 Å². The summed E-state index contributed by atoms with van der Waals surface area (Å²) in [5.74, 6) is 0.283. The van der Waals surface area contributed by atoms with E-state index in [-0.39, 0.29) is 11.9 Å². The van der Waals surface area contributed by atoms with Gasteiger partial charge in [0.1, 0.15) is 5.82 Å². The average Bonchev–Trinajstić information content (AvgIpc) is 2.43. The maximum atomic E-state index is 13.5. The van der Waals surface area contributed by atoms with E-state index < -0.39 is 0 Å². The van der Waals surface area contributed by atoms with Crippen LogP contribution in [0.3, 0.4) is 0 Å². The summed E-state index contributed by atoms with van der Waals surface area (Å²) in [5.41, 5.74) is 3.31. The molecular formula is C17H19BrFN. The minimum atomic E-state index is -0.252. The normalized spacial score (nSPS) is 12.5. The molecule has 0 fully saturated rings. The second-order valence-corrected chi connectivity index (χ2v) is 6.17. The minimum Gasteiger partial charge on any atom is -0.378 e. The molecule has 2 aromatic rings. The van der Waals surface area contributed by atoms with Crippen molar-refractivity contribution in [1.29, 1.82) is 0 Å². The van der Waals surface area contributed by atoms with Gasteiger partial charge in [-0.2, -0.15) is 0 Å². The van der Waals surface area contributed by atoms with Gasteiger partial charge in [0, 0.05) is 11.7 Å². The summed E-state index contributed by atoms with van der Waals surface area (Å²) >= 11 is 3.16. The Morgan fingerprint density at radius 3 is 2.10 bits per heavy atom. The van der Waals surface area contributed by atoms with Gasteiger partial charge >= 0.3 is 0 Å². The van der Waals surface area contributed by atoms with Crippen LogP contribution in [0.5, 0.6) is 0 Å². The molecular weight excluding hydrogens is 317 g/mol. The zero-order chi connectivity index (χ0) is 14.7. The standard InChI is InChI=1S/C17H19BrFN/c1-11(2)13-4-6-14(7-5-13)12(3)20-15-8-9-16(18)17(19)10-15/h4-12,20H,1-3H3. The van der Waals surface area contributed by atoms with Crippen molar-refractivity contribution in [2.45, 2.75) is 32.7 Å². The highest BCUT2D eigenvalue weighted by Gasteiger charge is 2.08. The second-order valence-electron chi connectivity index (χ2n) is 5.32. The predicted molar refractivity (Wildman–Crippen MR) is 86.7 cm³/mol. The highest BCUT2D eigenvalue weighted by molar-refractivity contribution is 9.10. The van der Waals surface area contributed by atoms with Crippen LogP contribution in [0.25, 0.3) is 0 Å². The van der Waals surface area contributed by atoms with Crippen LogP contribution in [0, 0.1) is 5.82 Å². The third-order valence-corrected chi connectivity index (χ3v) is 4.05. The summed E-state index contributed by atoms with van der Waals surface area (Å²) in [6.45, 7) is 6.44. The third-order valence-electron chi connectivity index (χ3n) is 3.41. The van der Waals surface area contributed by atoms with Gasteiger partial charge in [-0.3, -0.25) is 0 Å². The topological polar surface area (TPSA) is 12.0 Å².